The zero-order valence-electron chi connectivity index (χ0n) is 7.47. The number of aryl methyl sites for hydroxylation is 1. The summed E-state index contributed by atoms with van der Waals surface area (Å²) in [7, 11) is 0. The molecular weight excluding hydrogens is 214 g/mol. The van der Waals surface area contributed by atoms with Gasteiger partial charge in [-0.05, 0) is 43.5 Å². The van der Waals surface area contributed by atoms with E-state index in [0.717, 1.165) is 10.9 Å². The Morgan fingerprint density at radius 2 is 2.17 bits per heavy atom. The van der Waals surface area contributed by atoms with Crippen LogP contribution >= 0.6 is 15.9 Å². The van der Waals surface area contributed by atoms with E-state index in [1.165, 1.54) is 11.1 Å². The van der Waals surface area contributed by atoms with Gasteiger partial charge in [-0.3, -0.25) is 0 Å². The van der Waals surface area contributed by atoms with Crippen molar-refractivity contribution in [2.75, 3.05) is 0 Å². The number of halogens is 1. The maximum atomic E-state index is 5.73. The first-order chi connectivity index (χ1) is 5.59. The number of rotatable bonds is 2. The molecule has 2 N–H and O–H groups in total. The SMILES string of the molecule is Cc1ccc(Br)cc1C[C@@H](C)N. The third-order valence-corrected chi connectivity index (χ3v) is 2.35. The van der Waals surface area contributed by atoms with E-state index < -0.39 is 0 Å². The number of hydrogen-bond acceptors (Lipinski definition) is 1. The van der Waals surface area contributed by atoms with Crippen LogP contribution in [0.1, 0.15) is 18.1 Å². The maximum absolute atomic E-state index is 5.73. The highest BCUT2D eigenvalue weighted by molar-refractivity contribution is 9.10. The topological polar surface area (TPSA) is 26.0 Å². The molecule has 0 fully saturated rings. The molecule has 2 heteroatoms. The highest BCUT2D eigenvalue weighted by Crippen LogP contribution is 2.16. The molecule has 1 nitrogen and oxygen atoms in total. The van der Waals surface area contributed by atoms with Crippen LogP contribution in [0.15, 0.2) is 22.7 Å². The van der Waals surface area contributed by atoms with Crippen molar-refractivity contribution in [3.63, 3.8) is 0 Å². The highest BCUT2D eigenvalue weighted by Gasteiger charge is 2.01. The third kappa shape index (κ3) is 2.61. The van der Waals surface area contributed by atoms with Crippen LogP contribution in [0.5, 0.6) is 0 Å². The highest BCUT2D eigenvalue weighted by atomic mass is 79.9. The molecule has 0 aliphatic heterocycles. The smallest absolute Gasteiger partial charge is 0.0178 e. The Balaban J connectivity index is 2.90. The summed E-state index contributed by atoms with van der Waals surface area (Å²) < 4.78 is 1.13. The van der Waals surface area contributed by atoms with Crippen LogP contribution in [-0.4, -0.2) is 6.04 Å². The summed E-state index contributed by atoms with van der Waals surface area (Å²) in [5.74, 6) is 0. The second-order valence-corrected chi connectivity index (χ2v) is 4.17. The van der Waals surface area contributed by atoms with E-state index in [2.05, 4.69) is 41.1 Å². The van der Waals surface area contributed by atoms with Crippen LogP contribution in [0, 0.1) is 6.92 Å². The van der Waals surface area contributed by atoms with Crippen molar-refractivity contribution in [2.24, 2.45) is 5.73 Å². The zero-order chi connectivity index (χ0) is 9.14. The summed E-state index contributed by atoms with van der Waals surface area (Å²) >= 11 is 3.45. The van der Waals surface area contributed by atoms with Gasteiger partial charge in [-0.25, -0.2) is 0 Å². The molecular formula is C10H14BrN. The molecule has 0 saturated carbocycles. The lowest BCUT2D eigenvalue weighted by Crippen LogP contribution is -2.18. The first-order valence-corrected chi connectivity index (χ1v) is 4.89. The average Bonchev–Trinajstić information content (AvgIpc) is 1.96. The summed E-state index contributed by atoms with van der Waals surface area (Å²) in [4.78, 5) is 0. The van der Waals surface area contributed by atoms with Gasteiger partial charge in [0.05, 0.1) is 0 Å². The van der Waals surface area contributed by atoms with Gasteiger partial charge >= 0.3 is 0 Å². The standard InChI is InChI=1S/C10H14BrN/c1-7-3-4-10(11)6-9(7)5-8(2)12/h3-4,6,8H,5,12H2,1-2H3/t8-/m1/s1. The minimum absolute atomic E-state index is 0.234. The van der Waals surface area contributed by atoms with Crippen molar-refractivity contribution in [3.8, 4) is 0 Å². The predicted molar refractivity (Wildman–Crippen MR) is 56.2 cm³/mol. The summed E-state index contributed by atoms with van der Waals surface area (Å²) in [5.41, 5.74) is 8.38. The predicted octanol–water partition coefficient (Wildman–Crippen LogP) is 2.65. The molecule has 0 aliphatic carbocycles. The molecule has 0 aliphatic rings. The molecule has 0 radical (unpaired) electrons. The quantitative estimate of drug-likeness (QED) is 0.827. The van der Waals surface area contributed by atoms with Crippen molar-refractivity contribution in [2.45, 2.75) is 26.3 Å². The Bertz CT molecular complexity index is 269. The molecule has 66 valence electrons. The van der Waals surface area contributed by atoms with Gasteiger partial charge in [-0.2, -0.15) is 0 Å². The molecule has 1 aromatic rings. The number of nitrogens with two attached hydrogens (primary N) is 1. The summed E-state index contributed by atoms with van der Waals surface area (Å²) in [6.45, 7) is 4.14. The van der Waals surface area contributed by atoms with E-state index in [0.29, 0.717) is 0 Å². The summed E-state index contributed by atoms with van der Waals surface area (Å²) in [6, 6.07) is 6.54. The molecule has 1 rings (SSSR count). The van der Waals surface area contributed by atoms with E-state index in [9.17, 15) is 0 Å². The third-order valence-electron chi connectivity index (χ3n) is 1.85. The van der Waals surface area contributed by atoms with E-state index in [1.54, 1.807) is 0 Å². The Morgan fingerprint density at radius 3 is 2.75 bits per heavy atom. The summed E-state index contributed by atoms with van der Waals surface area (Å²) in [6.07, 6.45) is 0.950. The molecule has 0 saturated heterocycles. The minimum atomic E-state index is 0.234. The first-order valence-electron chi connectivity index (χ1n) is 4.10. The largest absolute Gasteiger partial charge is 0.328 e. The molecule has 1 atom stereocenters. The van der Waals surface area contributed by atoms with Gasteiger partial charge in [0.15, 0.2) is 0 Å². The fourth-order valence-corrected chi connectivity index (χ4v) is 1.62. The Morgan fingerprint density at radius 1 is 1.50 bits per heavy atom. The van der Waals surface area contributed by atoms with Gasteiger partial charge < -0.3 is 5.73 Å². The van der Waals surface area contributed by atoms with Crippen molar-refractivity contribution in [3.05, 3.63) is 33.8 Å². The second kappa shape index (κ2) is 4.06. The van der Waals surface area contributed by atoms with Crippen LogP contribution in [0.25, 0.3) is 0 Å². The molecule has 12 heavy (non-hydrogen) atoms. The molecule has 1 aromatic carbocycles. The van der Waals surface area contributed by atoms with Gasteiger partial charge in [0.25, 0.3) is 0 Å². The van der Waals surface area contributed by atoms with E-state index in [4.69, 9.17) is 5.73 Å². The monoisotopic (exact) mass is 227 g/mol. The lowest BCUT2D eigenvalue weighted by atomic mass is 10.0. The summed E-state index contributed by atoms with van der Waals surface area (Å²) in [5, 5.41) is 0. The van der Waals surface area contributed by atoms with Crippen molar-refractivity contribution >= 4 is 15.9 Å². The lowest BCUT2D eigenvalue weighted by Gasteiger charge is -2.08. The van der Waals surface area contributed by atoms with Crippen LogP contribution in [0.3, 0.4) is 0 Å². The van der Waals surface area contributed by atoms with Crippen molar-refractivity contribution < 1.29 is 0 Å². The van der Waals surface area contributed by atoms with Gasteiger partial charge in [0.1, 0.15) is 0 Å². The minimum Gasteiger partial charge on any atom is -0.328 e. The number of hydrogen-bond donors (Lipinski definition) is 1. The molecule has 0 aromatic heterocycles. The normalized spacial score (nSPS) is 13.0. The molecule has 0 amide bonds. The number of benzene rings is 1. The fourth-order valence-electron chi connectivity index (χ4n) is 1.21. The van der Waals surface area contributed by atoms with Crippen LogP contribution in [0.2, 0.25) is 0 Å². The van der Waals surface area contributed by atoms with Gasteiger partial charge in [-0.1, -0.05) is 22.0 Å². The lowest BCUT2D eigenvalue weighted by molar-refractivity contribution is 0.734. The van der Waals surface area contributed by atoms with E-state index in [-0.39, 0.29) is 6.04 Å². The van der Waals surface area contributed by atoms with E-state index in [1.807, 2.05) is 6.92 Å². The second-order valence-electron chi connectivity index (χ2n) is 3.25. The fraction of sp³-hybridized carbons (Fsp3) is 0.400. The molecule has 0 heterocycles. The first kappa shape index (κ1) is 9.75. The van der Waals surface area contributed by atoms with Crippen LogP contribution in [0.4, 0.5) is 0 Å². The maximum Gasteiger partial charge on any atom is 0.0178 e. The van der Waals surface area contributed by atoms with Crippen molar-refractivity contribution in [1.82, 2.24) is 0 Å². The van der Waals surface area contributed by atoms with Crippen LogP contribution in [-0.2, 0) is 6.42 Å². The zero-order valence-corrected chi connectivity index (χ0v) is 9.06. The van der Waals surface area contributed by atoms with Gasteiger partial charge in [-0.15, -0.1) is 0 Å². The average molecular weight is 228 g/mol. The van der Waals surface area contributed by atoms with Gasteiger partial charge in [0.2, 0.25) is 0 Å². The van der Waals surface area contributed by atoms with Crippen molar-refractivity contribution in [1.29, 1.82) is 0 Å². The molecule has 0 spiro atoms. The Kier molecular flexibility index (Phi) is 3.29. The Hall–Kier alpha value is -0.340. The Labute approximate surface area is 82.1 Å². The van der Waals surface area contributed by atoms with Crippen LogP contribution < -0.4 is 5.73 Å². The van der Waals surface area contributed by atoms with E-state index >= 15 is 0 Å². The molecule has 0 bridgehead atoms. The van der Waals surface area contributed by atoms with Gasteiger partial charge in [0, 0.05) is 10.5 Å². The molecule has 0 unspecified atom stereocenters.